The van der Waals surface area contributed by atoms with E-state index in [0.29, 0.717) is 30.1 Å². The Morgan fingerprint density at radius 2 is 1.66 bits per heavy atom. The van der Waals surface area contributed by atoms with Crippen LogP contribution in [0.1, 0.15) is 18.9 Å². The Morgan fingerprint density at radius 1 is 0.951 bits per heavy atom. The monoisotopic (exact) mass is 575 g/mol. The van der Waals surface area contributed by atoms with Crippen molar-refractivity contribution in [1.82, 2.24) is 9.80 Å². The van der Waals surface area contributed by atoms with Gasteiger partial charge < -0.3 is 24.5 Å². The van der Waals surface area contributed by atoms with Crippen LogP contribution in [-0.2, 0) is 25.5 Å². The SMILES string of the molecule is CC[C@@]12C=CCN(C)C(=O)[C@@H]1[C@H]1C(=O)N([C@@H](CO)Cc3ccccc3)C3C(=O)N(c4ccccc4Cl)CC=C[C@@]31O2. The number of aliphatic hydroxyl groups is 1. The van der Waals surface area contributed by atoms with Gasteiger partial charge in [0, 0.05) is 20.1 Å². The summed E-state index contributed by atoms with van der Waals surface area (Å²) in [5.74, 6) is -2.68. The standard InChI is InChI=1S/C32H34ClN3O5/c1-3-31-15-9-17-34(2)28(38)25(31)26-29(39)36(22(20-37)19-21-11-5-4-6-12-21)27-30(40)35(18-10-16-32(26,27)41-31)24-14-8-7-13-23(24)33/h4-16,22,25-27,37H,3,17-20H2,1-2H3/t22-,25+,26+,27?,31-,32+/m1/s1. The maximum absolute atomic E-state index is 14.7. The molecular formula is C32H34ClN3O5. The first-order valence-corrected chi connectivity index (χ1v) is 14.5. The molecule has 0 aromatic heterocycles. The van der Waals surface area contributed by atoms with Crippen LogP contribution < -0.4 is 4.90 Å². The van der Waals surface area contributed by atoms with Crippen LogP contribution in [0.25, 0.3) is 0 Å². The summed E-state index contributed by atoms with van der Waals surface area (Å²) in [4.78, 5) is 48.0. The van der Waals surface area contributed by atoms with Crippen molar-refractivity contribution in [3.05, 3.63) is 89.5 Å². The van der Waals surface area contributed by atoms with Crippen LogP contribution in [0, 0.1) is 11.8 Å². The van der Waals surface area contributed by atoms with Gasteiger partial charge in [0.15, 0.2) is 0 Å². The normalized spacial score (nSPS) is 31.6. The van der Waals surface area contributed by atoms with Crippen molar-refractivity contribution < 1.29 is 24.2 Å². The molecule has 0 radical (unpaired) electrons. The summed E-state index contributed by atoms with van der Waals surface area (Å²) in [5.41, 5.74) is -1.02. The number of amides is 3. The predicted molar refractivity (Wildman–Crippen MR) is 155 cm³/mol. The van der Waals surface area contributed by atoms with Crippen LogP contribution in [0.5, 0.6) is 0 Å². The topological polar surface area (TPSA) is 90.4 Å². The van der Waals surface area contributed by atoms with E-state index >= 15 is 0 Å². The number of fused-ring (bicyclic) bond motifs is 2. The Balaban J connectivity index is 1.53. The second kappa shape index (κ2) is 10.4. The van der Waals surface area contributed by atoms with E-state index in [-0.39, 0.29) is 30.9 Å². The highest BCUT2D eigenvalue weighted by Gasteiger charge is 2.75. The molecule has 1 unspecified atom stereocenters. The first-order chi connectivity index (χ1) is 19.8. The van der Waals surface area contributed by atoms with Crippen molar-refractivity contribution in [2.45, 2.75) is 43.1 Å². The molecule has 4 heterocycles. The van der Waals surface area contributed by atoms with Gasteiger partial charge in [-0.25, -0.2) is 0 Å². The highest BCUT2D eigenvalue weighted by Crippen LogP contribution is 2.59. The summed E-state index contributed by atoms with van der Waals surface area (Å²) in [6, 6.07) is 14.8. The zero-order valence-corrected chi connectivity index (χ0v) is 23.9. The minimum absolute atomic E-state index is 0.190. The molecule has 214 valence electrons. The summed E-state index contributed by atoms with van der Waals surface area (Å²) in [6.45, 7) is 2.20. The molecule has 0 bridgehead atoms. The molecule has 2 fully saturated rings. The van der Waals surface area contributed by atoms with E-state index in [9.17, 15) is 19.5 Å². The summed E-state index contributed by atoms with van der Waals surface area (Å²) in [6.07, 6.45) is 8.25. The number of hydrogen-bond acceptors (Lipinski definition) is 5. The van der Waals surface area contributed by atoms with Crippen LogP contribution in [0.3, 0.4) is 0 Å². The van der Waals surface area contributed by atoms with Gasteiger partial charge in [0.05, 0.1) is 40.8 Å². The van der Waals surface area contributed by atoms with Gasteiger partial charge in [0.2, 0.25) is 11.8 Å². The number of anilines is 1. The summed E-state index contributed by atoms with van der Waals surface area (Å²) in [5, 5.41) is 11.1. The Bertz CT molecular complexity index is 1430. The van der Waals surface area contributed by atoms with Gasteiger partial charge in [-0.2, -0.15) is 0 Å². The van der Waals surface area contributed by atoms with Crippen molar-refractivity contribution in [1.29, 1.82) is 0 Å². The van der Waals surface area contributed by atoms with Crippen molar-refractivity contribution in [2.24, 2.45) is 11.8 Å². The number of halogens is 1. The van der Waals surface area contributed by atoms with Gasteiger partial charge in [-0.3, -0.25) is 14.4 Å². The predicted octanol–water partition coefficient (Wildman–Crippen LogP) is 3.24. The first kappa shape index (κ1) is 27.7. The Labute approximate surface area is 244 Å². The Kier molecular flexibility index (Phi) is 7.04. The molecule has 2 aromatic carbocycles. The number of likely N-dealkylation sites (tertiary alicyclic amines) is 1. The fourth-order valence-corrected chi connectivity index (χ4v) is 7.48. The zero-order valence-electron chi connectivity index (χ0n) is 23.2. The number of rotatable bonds is 6. The molecule has 4 aliphatic rings. The number of para-hydroxylation sites is 1. The van der Waals surface area contributed by atoms with Crippen LogP contribution in [0.4, 0.5) is 5.69 Å². The highest BCUT2D eigenvalue weighted by molar-refractivity contribution is 6.34. The van der Waals surface area contributed by atoms with E-state index in [1.54, 1.807) is 41.1 Å². The maximum Gasteiger partial charge on any atom is 0.253 e. The van der Waals surface area contributed by atoms with Crippen molar-refractivity contribution in [3.63, 3.8) is 0 Å². The van der Waals surface area contributed by atoms with E-state index in [0.717, 1.165) is 5.56 Å². The van der Waals surface area contributed by atoms with E-state index in [2.05, 4.69) is 0 Å². The third kappa shape index (κ3) is 4.15. The summed E-state index contributed by atoms with van der Waals surface area (Å²) < 4.78 is 6.98. The number of nitrogens with zero attached hydrogens (tertiary/aromatic N) is 3. The Morgan fingerprint density at radius 3 is 2.37 bits per heavy atom. The zero-order chi connectivity index (χ0) is 28.9. The lowest BCUT2D eigenvalue weighted by atomic mass is 9.73. The highest BCUT2D eigenvalue weighted by atomic mass is 35.5. The molecule has 8 nitrogen and oxygen atoms in total. The van der Waals surface area contributed by atoms with E-state index < -0.39 is 35.1 Å². The molecule has 0 aliphatic carbocycles. The van der Waals surface area contributed by atoms with Crippen LogP contribution in [0.2, 0.25) is 5.02 Å². The third-order valence-electron chi connectivity index (χ3n) is 9.14. The van der Waals surface area contributed by atoms with Crippen molar-refractivity contribution in [3.8, 4) is 0 Å². The minimum atomic E-state index is -1.41. The Hall–Kier alpha value is -3.46. The number of benzene rings is 2. The molecular weight excluding hydrogens is 542 g/mol. The largest absolute Gasteiger partial charge is 0.394 e. The smallest absolute Gasteiger partial charge is 0.253 e. The van der Waals surface area contributed by atoms with Gasteiger partial charge in [-0.1, -0.05) is 85.3 Å². The quantitative estimate of drug-likeness (QED) is 0.534. The molecule has 9 heteroatoms. The lowest BCUT2D eigenvalue weighted by molar-refractivity contribution is -0.152. The lowest BCUT2D eigenvalue weighted by Crippen LogP contribution is -2.59. The van der Waals surface area contributed by atoms with E-state index in [4.69, 9.17) is 16.3 Å². The van der Waals surface area contributed by atoms with Gasteiger partial charge in [0.1, 0.15) is 11.6 Å². The second-order valence-electron chi connectivity index (χ2n) is 11.3. The molecule has 2 saturated heterocycles. The number of carbonyl (C=O) groups excluding carboxylic acids is 3. The fraction of sp³-hybridized carbons (Fsp3) is 0.406. The number of carbonyl (C=O) groups is 3. The lowest BCUT2D eigenvalue weighted by Gasteiger charge is -2.41. The average molecular weight is 576 g/mol. The number of likely N-dealkylation sites (N-methyl/N-ethyl adjacent to an activating group) is 1. The molecule has 41 heavy (non-hydrogen) atoms. The van der Waals surface area contributed by atoms with Crippen molar-refractivity contribution in [2.75, 3.05) is 31.6 Å². The number of hydrogen-bond donors (Lipinski definition) is 1. The van der Waals surface area contributed by atoms with E-state index in [1.807, 2.05) is 61.6 Å². The van der Waals surface area contributed by atoms with Gasteiger partial charge in [-0.15, -0.1) is 0 Å². The molecule has 4 aliphatic heterocycles. The summed E-state index contributed by atoms with van der Waals surface area (Å²) in [7, 11) is 1.72. The molecule has 2 aromatic rings. The molecule has 3 amide bonds. The molecule has 0 saturated carbocycles. The van der Waals surface area contributed by atoms with E-state index in [1.165, 1.54) is 4.90 Å². The van der Waals surface area contributed by atoms with Gasteiger partial charge in [0.25, 0.3) is 5.91 Å². The first-order valence-electron chi connectivity index (χ1n) is 14.1. The molecule has 1 N–H and O–H groups in total. The van der Waals surface area contributed by atoms with Crippen LogP contribution in [-0.4, -0.2) is 82.7 Å². The van der Waals surface area contributed by atoms with Crippen LogP contribution in [0.15, 0.2) is 78.9 Å². The van der Waals surface area contributed by atoms with Gasteiger partial charge >= 0.3 is 0 Å². The fourth-order valence-electron chi connectivity index (χ4n) is 7.24. The van der Waals surface area contributed by atoms with Crippen molar-refractivity contribution >= 4 is 35.0 Å². The average Bonchev–Trinajstić information content (AvgIpc) is 3.29. The maximum atomic E-state index is 14.7. The summed E-state index contributed by atoms with van der Waals surface area (Å²) >= 11 is 6.56. The minimum Gasteiger partial charge on any atom is -0.394 e. The molecule has 6 atom stereocenters. The molecule has 6 rings (SSSR count). The number of aliphatic hydroxyl groups excluding tert-OH is 1. The van der Waals surface area contributed by atoms with Gasteiger partial charge in [-0.05, 0) is 30.5 Å². The number of ether oxygens (including phenoxy) is 1. The third-order valence-corrected chi connectivity index (χ3v) is 9.46. The second-order valence-corrected chi connectivity index (χ2v) is 11.7. The molecule has 1 spiro atoms. The van der Waals surface area contributed by atoms with Crippen LogP contribution >= 0.6 is 11.6 Å².